The van der Waals surface area contributed by atoms with Crippen LogP contribution >= 0.6 is 11.6 Å². The summed E-state index contributed by atoms with van der Waals surface area (Å²) in [6.45, 7) is 0.708. The van der Waals surface area contributed by atoms with Gasteiger partial charge < -0.3 is 9.88 Å². The monoisotopic (exact) mass is 335 g/mol. The molecule has 24 heavy (non-hydrogen) atoms. The molecule has 0 aliphatic rings. The van der Waals surface area contributed by atoms with Crippen LogP contribution in [0.15, 0.2) is 67.3 Å². The Morgan fingerprint density at radius 2 is 1.71 bits per heavy atom. The molecule has 0 aliphatic heterocycles. The van der Waals surface area contributed by atoms with Crippen molar-refractivity contribution in [3.05, 3.63) is 77.8 Å². The van der Waals surface area contributed by atoms with Crippen LogP contribution in [0.5, 0.6) is 0 Å². The molecular formula is C18H14ClN5. The van der Waals surface area contributed by atoms with E-state index in [-0.39, 0.29) is 0 Å². The summed E-state index contributed by atoms with van der Waals surface area (Å²) in [5, 5.41) is 4.01. The lowest BCUT2D eigenvalue weighted by atomic mass is 10.2. The second-order valence-corrected chi connectivity index (χ2v) is 5.82. The van der Waals surface area contributed by atoms with Gasteiger partial charge >= 0.3 is 0 Å². The van der Waals surface area contributed by atoms with Gasteiger partial charge in [0.25, 0.3) is 0 Å². The summed E-state index contributed by atoms with van der Waals surface area (Å²) in [4.78, 5) is 13.0. The molecule has 1 N–H and O–H groups in total. The van der Waals surface area contributed by atoms with Crippen LogP contribution in [0, 0.1) is 0 Å². The van der Waals surface area contributed by atoms with E-state index in [1.165, 1.54) is 11.9 Å². The summed E-state index contributed by atoms with van der Waals surface area (Å²) < 4.78 is 2.04. The maximum absolute atomic E-state index is 5.94. The first kappa shape index (κ1) is 14.7. The maximum atomic E-state index is 5.94. The Labute approximate surface area is 144 Å². The first-order valence-corrected chi connectivity index (χ1v) is 7.90. The molecule has 0 unspecified atom stereocenters. The van der Waals surface area contributed by atoms with Crippen LogP contribution in [0.2, 0.25) is 5.02 Å². The number of benzene rings is 2. The van der Waals surface area contributed by atoms with Gasteiger partial charge in [-0.3, -0.25) is 0 Å². The molecule has 118 valence electrons. The van der Waals surface area contributed by atoms with Gasteiger partial charge in [0.1, 0.15) is 11.8 Å². The minimum absolute atomic E-state index is 0.664. The van der Waals surface area contributed by atoms with Crippen molar-refractivity contribution in [1.29, 1.82) is 0 Å². The molecule has 0 amide bonds. The van der Waals surface area contributed by atoms with Crippen LogP contribution < -0.4 is 5.32 Å². The van der Waals surface area contributed by atoms with E-state index in [2.05, 4.69) is 32.4 Å². The van der Waals surface area contributed by atoms with Crippen LogP contribution in [0.4, 0.5) is 11.5 Å². The molecule has 2 aromatic heterocycles. The third-order valence-electron chi connectivity index (χ3n) is 3.71. The fourth-order valence-corrected chi connectivity index (χ4v) is 2.70. The van der Waals surface area contributed by atoms with Crippen molar-refractivity contribution in [3.63, 3.8) is 0 Å². The van der Waals surface area contributed by atoms with Gasteiger partial charge in [0.15, 0.2) is 11.5 Å². The number of nitrogens with zero attached hydrogens (tertiary/aromatic N) is 4. The fourth-order valence-electron chi connectivity index (χ4n) is 2.57. The van der Waals surface area contributed by atoms with Gasteiger partial charge in [-0.15, -0.1) is 0 Å². The van der Waals surface area contributed by atoms with Gasteiger partial charge in [-0.1, -0.05) is 41.9 Å². The van der Waals surface area contributed by atoms with Crippen molar-refractivity contribution in [2.24, 2.45) is 0 Å². The first-order chi connectivity index (χ1) is 11.8. The lowest BCUT2D eigenvalue weighted by Gasteiger charge is -2.10. The van der Waals surface area contributed by atoms with Crippen LogP contribution in [0.3, 0.4) is 0 Å². The molecule has 2 heterocycles. The molecule has 5 nitrogen and oxygen atoms in total. The lowest BCUT2D eigenvalue weighted by Crippen LogP contribution is -2.02. The maximum Gasteiger partial charge on any atom is 0.182 e. The van der Waals surface area contributed by atoms with Crippen LogP contribution in [-0.2, 0) is 6.54 Å². The number of hydrogen-bond donors (Lipinski definition) is 1. The molecule has 0 saturated heterocycles. The highest BCUT2D eigenvalue weighted by Gasteiger charge is 2.11. The Balaban J connectivity index is 1.73. The Morgan fingerprint density at radius 1 is 0.917 bits per heavy atom. The summed E-state index contributed by atoms with van der Waals surface area (Å²) in [6, 6.07) is 17.7. The molecule has 0 atom stereocenters. The van der Waals surface area contributed by atoms with Gasteiger partial charge in [-0.05, 0) is 29.8 Å². The number of rotatable bonds is 4. The minimum Gasteiger partial charge on any atom is -0.338 e. The van der Waals surface area contributed by atoms with E-state index in [1.807, 2.05) is 47.0 Å². The molecule has 0 aliphatic carbocycles. The van der Waals surface area contributed by atoms with E-state index in [1.54, 1.807) is 6.33 Å². The van der Waals surface area contributed by atoms with E-state index in [4.69, 9.17) is 11.6 Å². The molecule has 2 aromatic carbocycles. The zero-order valence-electron chi connectivity index (χ0n) is 12.7. The summed E-state index contributed by atoms with van der Waals surface area (Å²) in [7, 11) is 0. The second kappa shape index (κ2) is 6.29. The number of aromatic nitrogens is 4. The highest BCUT2D eigenvalue weighted by atomic mass is 35.5. The lowest BCUT2D eigenvalue weighted by molar-refractivity contribution is 0.824. The fraction of sp³-hybridized carbons (Fsp3) is 0.0556. The molecule has 0 radical (unpaired) electrons. The third kappa shape index (κ3) is 2.94. The molecule has 4 aromatic rings. The van der Waals surface area contributed by atoms with Crippen LogP contribution in [-0.4, -0.2) is 19.5 Å². The zero-order valence-corrected chi connectivity index (χ0v) is 13.5. The molecule has 4 rings (SSSR count). The highest BCUT2D eigenvalue weighted by molar-refractivity contribution is 6.30. The number of fused-ring (bicyclic) bond motifs is 1. The van der Waals surface area contributed by atoms with Gasteiger partial charge in [-0.25, -0.2) is 15.0 Å². The van der Waals surface area contributed by atoms with Crippen molar-refractivity contribution in [3.8, 4) is 0 Å². The van der Waals surface area contributed by atoms with Crippen molar-refractivity contribution in [1.82, 2.24) is 19.5 Å². The van der Waals surface area contributed by atoms with Crippen LogP contribution in [0.25, 0.3) is 11.2 Å². The Morgan fingerprint density at radius 3 is 2.50 bits per heavy atom. The van der Waals surface area contributed by atoms with Crippen molar-refractivity contribution >= 4 is 34.3 Å². The van der Waals surface area contributed by atoms with E-state index < -0.39 is 0 Å². The van der Waals surface area contributed by atoms with E-state index >= 15 is 0 Å². The third-order valence-corrected chi connectivity index (χ3v) is 3.96. The quantitative estimate of drug-likeness (QED) is 0.605. The van der Waals surface area contributed by atoms with Gasteiger partial charge in [-0.2, -0.15) is 0 Å². The van der Waals surface area contributed by atoms with Crippen molar-refractivity contribution < 1.29 is 0 Å². The van der Waals surface area contributed by atoms with E-state index in [9.17, 15) is 0 Å². The molecule has 0 saturated carbocycles. The number of anilines is 2. The topological polar surface area (TPSA) is 55.6 Å². The number of hydrogen-bond acceptors (Lipinski definition) is 4. The van der Waals surface area contributed by atoms with Gasteiger partial charge in [0, 0.05) is 17.3 Å². The van der Waals surface area contributed by atoms with Crippen molar-refractivity contribution in [2.45, 2.75) is 6.54 Å². The predicted molar refractivity (Wildman–Crippen MR) is 95.6 cm³/mol. The molecule has 0 bridgehead atoms. The SMILES string of the molecule is Clc1ccc(Nc2ncnc3ncn(Cc4ccccc4)c23)cc1. The Hall–Kier alpha value is -2.92. The average Bonchev–Trinajstić information content (AvgIpc) is 3.02. The number of halogens is 1. The second-order valence-electron chi connectivity index (χ2n) is 5.38. The summed E-state index contributed by atoms with van der Waals surface area (Å²) in [6.07, 6.45) is 3.31. The summed E-state index contributed by atoms with van der Waals surface area (Å²) >= 11 is 5.94. The first-order valence-electron chi connectivity index (χ1n) is 7.52. The minimum atomic E-state index is 0.664. The number of imidazole rings is 1. The van der Waals surface area contributed by atoms with E-state index in [0.29, 0.717) is 17.2 Å². The zero-order chi connectivity index (χ0) is 16.4. The van der Waals surface area contributed by atoms with Crippen molar-refractivity contribution in [2.75, 3.05) is 5.32 Å². The largest absolute Gasteiger partial charge is 0.338 e. The van der Waals surface area contributed by atoms with Crippen LogP contribution in [0.1, 0.15) is 5.56 Å². The standard InChI is InChI=1S/C18H14ClN5/c19-14-6-8-15(9-7-14)23-18-16-17(20-11-21-18)22-12-24(16)10-13-4-2-1-3-5-13/h1-9,11-12H,10H2,(H,20,21,23). The van der Waals surface area contributed by atoms with Gasteiger partial charge in [0.05, 0.1) is 6.33 Å². The van der Waals surface area contributed by atoms with E-state index in [0.717, 1.165) is 17.0 Å². The smallest absolute Gasteiger partial charge is 0.182 e. The summed E-state index contributed by atoms with van der Waals surface area (Å²) in [5.74, 6) is 0.718. The Bertz CT molecular complexity index is 964. The number of nitrogens with one attached hydrogen (secondary N) is 1. The highest BCUT2D eigenvalue weighted by Crippen LogP contribution is 2.24. The average molecular weight is 336 g/mol. The van der Waals surface area contributed by atoms with Gasteiger partial charge in [0.2, 0.25) is 0 Å². The molecule has 0 fully saturated rings. The molecular weight excluding hydrogens is 322 g/mol. The normalized spacial score (nSPS) is 10.9. The Kier molecular flexibility index (Phi) is 3.84. The molecule has 6 heteroatoms. The molecule has 0 spiro atoms. The summed E-state index contributed by atoms with van der Waals surface area (Å²) in [5.41, 5.74) is 3.64. The predicted octanol–water partition coefficient (Wildman–Crippen LogP) is 4.27.